The number of hydrogen-bond donors (Lipinski definition) is 0. The van der Waals surface area contributed by atoms with Crippen molar-refractivity contribution in [3.63, 3.8) is 0 Å². The molecule has 1 heteroatoms. The normalized spacial score (nSPS) is 10.5. The van der Waals surface area contributed by atoms with Crippen molar-refractivity contribution in [2.75, 3.05) is 11.4 Å². The number of hydrogen-bond acceptors (Lipinski definition) is 1. The van der Waals surface area contributed by atoms with Crippen molar-refractivity contribution in [2.45, 2.75) is 6.92 Å². The topological polar surface area (TPSA) is 3.24 Å². The fourth-order valence-corrected chi connectivity index (χ4v) is 3.01. The molecule has 0 aliphatic rings. The summed E-state index contributed by atoms with van der Waals surface area (Å²) in [6, 6.07) is 23.3. The van der Waals surface area contributed by atoms with Crippen LogP contribution < -0.4 is 4.90 Å². The van der Waals surface area contributed by atoms with Crippen LogP contribution >= 0.6 is 0 Å². The van der Waals surface area contributed by atoms with Crippen LogP contribution in [0.25, 0.3) is 16.3 Å². The van der Waals surface area contributed by atoms with Gasteiger partial charge in [0.2, 0.25) is 0 Å². The summed E-state index contributed by atoms with van der Waals surface area (Å²) >= 11 is 0. The minimum atomic E-state index is 0.912. The maximum atomic E-state index is 4.11. The van der Waals surface area contributed by atoms with E-state index in [0.29, 0.717) is 0 Å². The fraction of sp³-hybridized carbons (Fsp3) is 0.0909. The molecule has 23 heavy (non-hydrogen) atoms. The molecule has 0 bridgehead atoms. The molecule has 0 atom stereocenters. The van der Waals surface area contributed by atoms with E-state index in [-0.39, 0.29) is 0 Å². The highest BCUT2D eigenvalue weighted by molar-refractivity contribution is 6.03. The Morgan fingerprint density at radius 3 is 2.22 bits per heavy atom. The van der Waals surface area contributed by atoms with Gasteiger partial charge in [0.25, 0.3) is 0 Å². The van der Waals surface area contributed by atoms with Crippen molar-refractivity contribution in [2.24, 2.45) is 0 Å². The lowest BCUT2D eigenvalue weighted by molar-refractivity contribution is 1.03. The average Bonchev–Trinajstić information content (AvgIpc) is 2.62. The van der Waals surface area contributed by atoms with Crippen LogP contribution in [0.15, 0.2) is 86.0 Å². The third-order valence-electron chi connectivity index (χ3n) is 4.17. The first-order valence-corrected chi connectivity index (χ1v) is 7.92. The Kier molecular flexibility index (Phi) is 4.29. The molecule has 0 spiro atoms. The van der Waals surface area contributed by atoms with E-state index in [4.69, 9.17) is 0 Å². The molecule has 3 aromatic rings. The van der Waals surface area contributed by atoms with Crippen molar-refractivity contribution in [1.82, 2.24) is 0 Å². The van der Waals surface area contributed by atoms with Gasteiger partial charge in [-0.2, -0.15) is 0 Å². The molecule has 0 N–H and O–H groups in total. The maximum Gasteiger partial charge on any atom is 0.0490 e. The van der Waals surface area contributed by atoms with Gasteiger partial charge < -0.3 is 4.90 Å². The van der Waals surface area contributed by atoms with E-state index in [2.05, 4.69) is 85.6 Å². The number of fused-ring (bicyclic) bond motifs is 1. The lowest BCUT2D eigenvalue weighted by Gasteiger charge is -2.25. The lowest BCUT2D eigenvalue weighted by atomic mass is 9.97. The zero-order valence-electron chi connectivity index (χ0n) is 13.5. The van der Waals surface area contributed by atoms with E-state index in [1.165, 1.54) is 22.1 Å². The van der Waals surface area contributed by atoms with Crippen molar-refractivity contribution in [1.29, 1.82) is 0 Å². The third-order valence-corrected chi connectivity index (χ3v) is 4.17. The van der Waals surface area contributed by atoms with E-state index in [0.717, 1.165) is 17.7 Å². The minimum absolute atomic E-state index is 0.912. The molecule has 0 radical (unpaired) electrons. The SMILES string of the molecule is C=CC(=C)c1ccc(N(CC)c2ccccc2)c2ccccc12. The molecule has 0 fully saturated rings. The Bertz CT molecular complexity index is 846. The standard InChI is InChI=1S/C22H21N/c1-4-17(3)19-15-16-22(21-14-10-9-13-20(19)21)23(5-2)18-11-7-6-8-12-18/h4,6-16H,1,3,5H2,2H3. The van der Waals surface area contributed by atoms with E-state index < -0.39 is 0 Å². The molecule has 1 nitrogen and oxygen atoms in total. The second-order valence-corrected chi connectivity index (χ2v) is 5.49. The summed E-state index contributed by atoms with van der Waals surface area (Å²) in [5.41, 5.74) is 4.52. The lowest BCUT2D eigenvalue weighted by Crippen LogP contribution is -2.16. The van der Waals surface area contributed by atoms with Gasteiger partial charge in [-0.15, -0.1) is 0 Å². The Morgan fingerprint density at radius 2 is 1.57 bits per heavy atom. The van der Waals surface area contributed by atoms with Crippen LogP contribution in [0.3, 0.4) is 0 Å². The quantitative estimate of drug-likeness (QED) is 0.507. The van der Waals surface area contributed by atoms with Gasteiger partial charge >= 0.3 is 0 Å². The molecule has 0 heterocycles. The number of para-hydroxylation sites is 1. The van der Waals surface area contributed by atoms with Gasteiger partial charge in [0.1, 0.15) is 0 Å². The van der Waals surface area contributed by atoms with Gasteiger partial charge in [-0.1, -0.05) is 67.8 Å². The molecule has 0 saturated carbocycles. The van der Waals surface area contributed by atoms with Crippen LogP contribution in [-0.2, 0) is 0 Å². The molecule has 0 aliphatic heterocycles. The second kappa shape index (κ2) is 6.53. The van der Waals surface area contributed by atoms with E-state index in [1.54, 1.807) is 0 Å². The van der Waals surface area contributed by atoms with Crippen LogP contribution in [-0.4, -0.2) is 6.54 Å². The molecule has 0 aromatic heterocycles. The van der Waals surface area contributed by atoms with Crippen LogP contribution in [0.2, 0.25) is 0 Å². The molecule has 0 amide bonds. The van der Waals surface area contributed by atoms with Gasteiger partial charge in [0.15, 0.2) is 0 Å². The van der Waals surface area contributed by atoms with Gasteiger partial charge in [0, 0.05) is 23.3 Å². The fourth-order valence-electron chi connectivity index (χ4n) is 3.01. The molecular weight excluding hydrogens is 278 g/mol. The van der Waals surface area contributed by atoms with Gasteiger partial charge in [-0.05, 0) is 41.6 Å². The first-order chi connectivity index (χ1) is 11.3. The largest absolute Gasteiger partial charge is 0.341 e. The van der Waals surface area contributed by atoms with Crippen LogP contribution in [0.4, 0.5) is 11.4 Å². The Balaban J connectivity index is 2.23. The number of rotatable bonds is 5. The summed E-state index contributed by atoms with van der Waals surface area (Å²) in [7, 11) is 0. The highest BCUT2D eigenvalue weighted by Crippen LogP contribution is 2.35. The Hall–Kier alpha value is -2.80. The average molecular weight is 299 g/mol. The smallest absolute Gasteiger partial charge is 0.0490 e. The zero-order valence-corrected chi connectivity index (χ0v) is 13.5. The number of benzene rings is 3. The molecule has 114 valence electrons. The number of allylic oxidation sites excluding steroid dienone is 2. The highest BCUT2D eigenvalue weighted by Gasteiger charge is 2.13. The first kappa shape index (κ1) is 15.1. The molecule has 0 unspecified atom stereocenters. The zero-order chi connectivity index (χ0) is 16.2. The van der Waals surface area contributed by atoms with Crippen LogP contribution in [0.5, 0.6) is 0 Å². The summed E-state index contributed by atoms with van der Waals surface area (Å²) < 4.78 is 0. The van der Waals surface area contributed by atoms with E-state index in [1.807, 2.05) is 12.1 Å². The van der Waals surface area contributed by atoms with E-state index in [9.17, 15) is 0 Å². The van der Waals surface area contributed by atoms with Gasteiger partial charge in [0.05, 0.1) is 0 Å². The molecule has 3 rings (SSSR count). The Morgan fingerprint density at radius 1 is 0.913 bits per heavy atom. The third kappa shape index (κ3) is 2.78. The van der Waals surface area contributed by atoms with Gasteiger partial charge in [-0.25, -0.2) is 0 Å². The summed E-state index contributed by atoms with van der Waals surface area (Å²) in [5, 5.41) is 2.45. The minimum Gasteiger partial charge on any atom is -0.341 e. The maximum absolute atomic E-state index is 4.11. The summed E-state index contributed by atoms with van der Waals surface area (Å²) in [5.74, 6) is 0. The van der Waals surface area contributed by atoms with Crippen molar-refractivity contribution < 1.29 is 0 Å². The van der Waals surface area contributed by atoms with E-state index >= 15 is 0 Å². The number of anilines is 2. The summed E-state index contributed by atoms with van der Waals surface area (Å²) in [6.07, 6.45) is 1.82. The monoisotopic (exact) mass is 299 g/mol. The molecule has 0 saturated heterocycles. The summed E-state index contributed by atoms with van der Waals surface area (Å²) in [6.45, 7) is 11.1. The predicted octanol–water partition coefficient (Wildman–Crippen LogP) is 6.20. The first-order valence-electron chi connectivity index (χ1n) is 7.92. The van der Waals surface area contributed by atoms with Crippen molar-refractivity contribution in [3.05, 3.63) is 91.5 Å². The number of nitrogens with zero attached hydrogens (tertiary/aromatic N) is 1. The molecule has 0 aliphatic carbocycles. The predicted molar refractivity (Wildman–Crippen MR) is 102 cm³/mol. The highest BCUT2D eigenvalue weighted by atomic mass is 15.1. The van der Waals surface area contributed by atoms with Crippen LogP contribution in [0, 0.1) is 0 Å². The molecular formula is C22H21N. The molecule has 3 aromatic carbocycles. The second-order valence-electron chi connectivity index (χ2n) is 5.49. The van der Waals surface area contributed by atoms with Crippen molar-refractivity contribution in [3.8, 4) is 0 Å². The van der Waals surface area contributed by atoms with Gasteiger partial charge in [-0.3, -0.25) is 0 Å². The Labute approximate surface area is 138 Å². The summed E-state index contributed by atoms with van der Waals surface area (Å²) in [4.78, 5) is 2.34. The van der Waals surface area contributed by atoms with Crippen molar-refractivity contribution >= 4 is 27.7 Å². The van der Waals surface area contributed by atoms with Crippen LogP contribution in [0.1, 0.15) is 12.5 Å².